The van der Waals surface area contributed by atoms with E-state index in [1.807, 2.05) is 0 Å². The molecule has 0 aliphatic carbocycles. The van der Waals surface area contributed by atoms with Crippen LogP contribution in [0.15, 0.2) is 41.9 Å². The van der Waals surface area contributed by atoms with Gasteiger partial charge in [0, 0.05) is 18.8 Å². The Hall–Kier alpha value is -2.20. The summed E-state index contributed by atoms with van der Waals surface area (Å²) in [5, 5.41) is 9.59. The maximum absolute atomic E-state index is 15.9. The average molecular weight is 392 g/mol. The van der Waals surface area contributed by atoms with Gasteiger partial charge >= 0.3 is 5.98 Å². The van der Waals surface area contributed by atoms with Crippen LogP contribution < -0.4 is 5.11 Å². The fourth-order valence-corrected chi connectivity index (χ4v) is 3.17. The monoisotopic (exact) mass is 392 g/mol. The van der Waals surface area contributed by atoms with Crippen molar-refractivity contribution in [1.82, 2.24) is 5.12 Å². The zero-order valence-electron chi connectivity index (χ0n) is 13.8. The van der Waals surface area contributed by atoms with Crippen molar-refractivity contribution in [3.8, 4) is 0 Å². The third-order valence-corrected chi connectivity index (χ3v) is 4.60. The molecule has 2 heterocycles. The van der Waals surface area contributed by atoms with Gasteiger partial charge < -0.3 is 19.4 Å². The lowest BCUT2D eigenvalue weighted by molar-refractivity contribution is -0.390. The van der Waals surface area contributed by atoms with E-state index in [1.54, 1.807) is 0 Å². The number of rotatable bonds is 4. The minimum Gasteiger partial charge on any atom is -0.545 e. The maximum Gasteiger partial charge on any atom is 0.360 e. The topological polar surface area (TPSA) is 61.8 Å². The molecule has 1 aromatic carbocycles. The molecule has 27 heavy (non-hydrogen) atoms. The molecule has 1 fully saturated rings. The molecule has 2 aliphatic rings. The van der Waals surface area contributed by atoms with E-state index >= 15 is 8.78 Å². The highest BCUT2D eigenvalue weighted by Crippen LogP contribution is 2.55. The molecule has 0 aromatic heterocycles. The van der Waals surface area contributed by atoms with Crippen molar-refractivity contribution in [3.05, 3.63) is 47.4 Å². The Morgan fingerprint density at radius 2 is 1.81 bits per heavy atom. The molecule has 10 heteroatoms. The van der Waals surface area contributed by atoms with Crippen LogP contribution >= 0.6 is 0 Å². The van der Waals surface area contributed by atoms with Crippen molar-refractivity contribution in [3.63, 3.8) is 0 Å². The van der Waals surface area contributed by atoms with Gasteiger partial charge in [-0.3, -0.25) is 0 Å². The van der Waals surface area contributed by atoms with E-state index in [0.717, 1.165) is 12.1 Å². The molecule has 0 radical (unpaired) electrons. The number of carbonyl (C=O) groups excluding carboxylic acids is 1. The Morgan fingerprint density at radius 3 is 2.37 bits per heavy atom. The normalized spacial score (nSPS) is 32.6. The van der Waals surface area contributed by atoms with Crippen LogP contribution in [0.5, 0.6) is 0 Å². The number of hydrogen-bond donors (Lipinski definition) is 0. The highest BCUT2D eigenvalue weighted by Gasteiger charge is 2.71. The number of carbonyl (C=O) groups is 1. The summed E-state index contributed by atoms with van der Waals surface area (Å²) < 4.78 is 84.9. The number of carboxylic acids is 1. The van der Waals surface area contributed by atoms with Gasteiger partial charge in [0.1, 0.15) is 0 Å². The van der Waals surface area contributed by atoms with Gasteiger partial charge in [0.15, 0.2) is 6.17 Å². The van der Waals surface area contributed by atoms with E-state index in [4.69, 9.17) is 9.47 Å². The Labute approximate surface area is 150 Å². The number of halogens is 5. The number of alkyl halides is 3. The summed E-state index contributed by atoms with van der Waals surface area (Å²) >= 11 is 0. The predicted molar refractivity (Wildman–Crippen MR) is 79.0 cm³/mol. The third kappa shape index (κ3) is 2.96. The maximum atomic E-state index is 15.9. The summed E-state index contributed by atoms with van der Waals surface area (Å²) in [5.74, 6) is -9.26. The van der Waals surface area contributed by atoms with E-state index in [2.05, 4.69) is 0 Å². The van der Waals surface area contributed by atoms with E-state index < -0.39 is 52.1 Å². The van der Waals surface area contributed by atoms with Crippen LogP contribution in [0.3, 0.4) is 0 Å². The molecule has 148 valence electrons. The van der Waals surface area contributed by atoms with Crippen LogP contribution in [0.4, 0.5) is 22.0 Å². The molecule has 0 N–H and O–H groups in total. The van der Waals surface area contributed by atoms with Crippen molar-refractivity contribution < 1.29 is 41.4 Å². The summed E-state index contributed by atoms with van der Waals surface area (Å²) in [5.41, 5.74) is -6.76. The van der Waals surface area contributed by atoms with Crippen LogP contribution in [0, 0.1) is 0 Å². The van der Waals surface area contributed by atoms with Crippen molar-refractivity contribution in [1.29, 1.82) is 0 Å². The van der Waals surface area contributed by atoms with Crippen molar-refractivity contribution >= 4 is 5.97 Å². The fraction of sp³-hybridized carbons (Fsp3) is 0.471. The lowest BCUT2D eigenvalue weighted by Gasteiger charge is -2.48. The molecule has 0 amide bonds. The number of carboxylic acid groups (broad SMARTS) is 1. The fourth-order valence-electron chi connectivity index (χ4n) is 3.17. The Balaban J connectivity index is 2.16. The minimum atomic E-state index is -4.29. The Morgan fingerprint density at radius 1 is 1.22 bits per heavy atom. The molecule has 5 nitrogen and oxygen atoms in total. The third-order valence-electron chi connectivity index (χ3n) is 4.60. The summed E-state index contributed by atoms with van der Waals surface area (Å²) in [6.07, 6.45) is -4.48. The smallest absolute Gasteiger partial charge is 0.360 e. The number of benzene rings is 1. The first-order valence-corrected chi connectivity index (χ1v) is 8.13. The number of hydrogen-bond acceptors (Lipinski definition) is 5. The summed E-state index contributed by atoms with van der Waals surface area (Å²) in [6.45, 7) is 0.193. The van der Waals surface area contributed by atoms with Gasteiger partial charge in [-0.1, -0.05) is 34.8 Å². The van der Waals surface area contributed by atoms with Crippen LogP contribution in [-0.2, 0) is 19.9 Å². The van der Waals surface area contributed by atoms with Gasteiger partial charge in [0.2, 0.25) is 5.95 Å². The van der Waals surface area contributed by atoms with Crippen LogP contribution in [0.1, 0.15) is 18.4 Å². The predicted octanol–water partition coefficient (Wildman–Crippen LogP) is 2.14. The van der Waals surface area contributed by atoms with Crippen LogP contribution in [-0.4, -0.2) is 42.6 Å². The van der Waals surface area contributed by atoms with E-state index in [1.165, 1.54) is 18.2 Å². The Bertz CT molecular complexity index is 742. The summed E-state index contributed by atoms with van der Waals surface area (Å²) in [6, 6.07) is 5.63. The van der Waals surface area contributed by atoms with Gasteiger partial charge in [-0.15, -0.1) is 5.12 Å². The molecule has 0 spiro atoms. The quantitative estimate of drug-likeness (QED) is 0.446. The van der Waals surface area contributed by atoms with Gasteiger partial charge in [0.05, 0.1) is 17.6 Å². The van der Waals surface area contributed by atoms with E-state index in [-0.39, 0.29) is 26.1 Å². The molecule has 2 aliphatic heterocycles. The molecule has 1 saturated heterocycles. The molecule has 3 rings (SSSR count). The van der Waals surface area contributed by atoms with Crippen molar-refractivity contribution in [2.45, 2.75) is 36.8 Å². The first kappa shape index (κ1) is 19.6. The Kier molecular flexibility index (Phi) is 5.13. The first-order chi connectivity index (χ1) is 12.7. The average Bonchev–Trinajstić information content (AvgIpc) is 2.66. The number of aliphatic carboxylic acids is 1. The highest BCUT2D eigenvalue weighted by molar-refractivity contribution is 5.87. The molecule has 3 unspecified atom stereocenters. The number of ether oxygens (including phenoxy) is 2. The second-order valence-electron chi connectivity index (χ2n) is 6.20. The van der Waals surface area contributed by atoms with Crippen LogP contribution in [0.2, 0.25) is 0 Å². The summed E-state index contributed by atoms with van der Waals surface area (Å²) in [4.78, 5) is 11.1. The van der Waals surface area contributed by atoms with Crippen molar-refractivity contribution in [2.75, 3.05) is 13.2 Å². The lowest BCUT2D eigenvalue weighted by Crippen LogP contribution is -2.65. The van der Waals surface area contributed by atoms with E-state index in [9.17, 15) is 23.2 Å². The zero-order chi connectivity index (χ0) is 19.8. The van der Waals surface area contributed by atoms with Gasteiger partial charge in [0.25, 0.3) is 5.67 Å². The molecular formula is C17H15F5NO4-. The van der Waals surface area contributed by atoms with E-state index in [0.29, 0.717) is 0 Å². The second-order valence-corrected chi connectivity index (χ2v) is 6.20. The zero-order valence-corrected chi connectivity index (χ0v) is 13.8. The standard InChI is InChI=1S/C17H16F5NO4/c18-13-12(15(24)25)14(19)23(22)17(21,27-11-6-8-26-9-7-11)16(13,20)10-4-2-1-3-5-10/h1-5,11,13H,6-9H2,(H,24,25)/p-1. The van der Waals surface area contributed by atoms with Gasteiger partial charge in [-0.25, -0.2) is 8.78 Å². The molecular weight excluding hydrogens is 377 g/mol. The van der Waals surface area contributed by atoms with Gasteiger partial charge in [-0.05, 0) is 12.8 Å². The second kappa shape index (κ2) is 7.08. The molecule has 1 aromatic rings. The van der Waals surface area contributed by atoms with Gasteiger partial charge in [-0.2, -0.15) is 8.78 Å². The summed E-state index contributed by atoms with van der Waals surface area (Å²) in [7, 11) is 0. The lowest BCUT2D eigenvalue weighted by atomic mass is 9.81. The number of nitrogens with zero attached hydrogens (tertiary/aromatic N) is 1. The largest absolute Gasteiger partial charge is 0.545 e. The molecule has 3 atom stereocenters. The first-order valence-electron chi connectivity index (χ1n) is 8.13. The highest BCUT2D eigenvalue weighted by atomic mass is 19.2. The minimum absolute atomic E-state index is 0.0278. The molecule has 0 bridgehead atoms. The SMILES string of the molecule is O=C([O-])C1=C(F)N(F)C(F)(OC2CCOCC2)C(F)(c2ccccc2)C1F. The van der Waals surface area contributed by atoms with Crippen LogP contribution in [0.25, 0.3) is 0 Å². The molecule has 0 saturated carbocycles. The van der Waals surface area contributed by atoms with Crippen molar-refractivity contribution in [2.24, 2.45) is 0 Å².